The fourth-order valence-corrected chi connectivity index (χ4v) is 0.622. The SMILES string of the molecule is NCCOCCOC(CO)CO. The number of nitrogens with two attached hydrogens (primary N) is 1. The molecular formula is C7H17NO4. The van der Waals surface area contributed by atoms with Crippen LogP contribution in [0.25, 0.3) is 0 Å². The molecule has 0 aromatic rings. The van der Waals surface area contributed by atoms with Gasteiger partial charge < -0.3 is 25.4 Å². The van der Waals surface area contributed by atoms with Gasteiger partial charge >= 0.3 is 0 Å². The van der Waals surface area contributed by atoms with Gasteiger partial charge in [-0.15, -0.1) is 0 Å². The second kappa shape index (κ2) is 8.89. The highest BCUT2D eigenvalue weighted by atomic mass is 16.5. The van der Waals surface area contributed by atoms with E-state index in [1.54, 1.807) is 0 Å². The third-order valence-electron chi connectivity index (χ3n) is 1.25. The van der Waals surface area contributed by atoms with Crippen LogP contribution in [0.2, 0.25) is 0 Å². The Morgan fingerprint density at radius 1 is 1.08 bits per heavy atom. The minimum Gasteiger partial charge on any atom is -0.394 e. The minimum absolute atomic E-state index is 0.173. The van der Waals surface area contributed by atoms with Gasteiger partial charge in [-0.3, -0.25) is 0 Å². The molecule has 0 aliphatic carbocycles. The second-order valence-corrected chi connectivity index (χ2v) is 2.26. The molecular weight excluding hydrogens is 162 g/mol. The Kier molecular flexibility index (Phi) is 8.74. The average Bonchev–Trinajstić information content (AvgIpc) is 2.11. The van der Waals surface area contributed by atoms with Crippen molar-refractivity contribution < 1.29 is 19.7 Å². The smallest absolute Gasteiger partial charge is 0.104 e. The Bertz CT molecular complexity index is 87.5. The van der Waals surface area contributed by atoms with E-state index in [9.17, 15) is 0 Å². The van der Waals surface area contributed by atoms with Crippen LogP contribution in [0.3, 0.4) is 0 Å². The molecule has 0 amide bonds. The first kappa shape index (κ1) is 11.8. The summed E-state index contributed by atoms with van der Waals surface area (Å²) in [7, 11) is 0. The van der Waals surface area contributed by atoms with Crippen molar-refractivity contribution in [1.82, 2.24) is 0 Å². The zero-order chi connectivity index (χ0) is 9.23. The summed E-state index contributed by atoms with van der Waals surface area (Å²) in [5.41, 5.74) is 5.18. The highest BCUT2D eigenvalue weighted by Crippen LogP contribution is 1.88. The normalized spacial score (nSPS) is 11.0. The molecule has 0 aliphatic heterocycles. The van der Waals surface area contributed by atoms with Crippen LogP contribution in [0.5, 0.6) is 0 Å². The first-order valence-electron chi connectivity index (χ1n) is 3.96. The molecule has 0 aliphatic rings. The van der Waals surface area contributed by atoms with Crippen LogP contribution in [0, 0.1) is 0 Å². The van der Waals surface area contributed by atoms with E-state index in [0.29, 0.717) is 26.4 Å². The summed E-state index contributed by atoms with van der Waals surface area (Å²) in [4.78, 5) is 0. The molecule has 0 unspecified atom stereocenters. The van der Waals surface area contributed by atoms with Gasteiger partial charge in [-0.1, -0.05) is 0 Å². The zero-order valence-corrected chi connectivity index (χ0v) is 7.11. The second-order valence-electron chi connectivity index (χ2n) is 2.26. The molecule has 0 saturated carbocycles. The van der Waals surface area contributed by atoms with E-state index < -0.39 is 6.10 Å². The fraction of sp³-hybridized carbons (Fsp3) is 1.00. The van der Waals surface area contributed by atoms with Gasteiger partial charge in [0.25, 0.3) is 0 Å². The van der Waals surface area contributed by atoms with E-state index in [1.165, 1.54) is 0 Å². The Morgan fingerprint density at radius 2 is 1.75 bits per heavy atom. The van der Waals surface area contributed by atoms with Crippen LogP contribution < -0.4 is 5.73 Å². The zero-order valence-electron chi connectivity index (χ0n) is 7.11. The lowest BCUT2D eigenvalue weighted by molar-refractivity contribution is -0.0412. The molecule has 0 spiro atoms. The van der Waals surface area contributed by atoms with E-state index in [4.69, 9.17) is 25.4 Å². The number of ether oxygens (including phenoxy) is 2. The molecule has 0 saturated heterocycles. The van der Waals surface area contributed by atoms with Crippen molar-refractivity contribution in [3.8, 4) is 0 Å². The molecule has 0 heterocycles. The van der Waals surface area contributed by atoms with Crippen LogP contribution in [-0.4, -0.2) is 55.9 Å². The minimum atomic E-state index is -0.494. The average molecular weight is 179 g/mol. The number of aliphatic hydroxyl groups is 2. The third-order valence-corrected chi connectivity index (χ3v) is 1.25. The predicted molar refractivity (Wildman–Crippen MR) is 43.8 cm³/mol. The van der Waals surface area contributed by atoms with Gasteiger partial charge in [0.05, 0.1) is 33.0 Å². The summed E-state index contributed by atoms with van der Waals surface area (Å²) in [6.07, 6.45) is -0.494. The van der Waals surface area contributed by atoms with Crippen molar-refractivity contribution in [3.05, 3.63) is 0 Å². The van der Waals surface area contributed by atoms with E-state index in [0.717, 1.165) is 0 Å². The summed E-state index contributed by atoms with van der Waals surface area (Å²) < 4.78 is 10.0. The van der Waals surface area contributed by atoms with Gasteiger partial charge in [-0.2, -0.15) is 0 Å². The molecule has 4 N–H and O–H groups in total. The number of hydrogen-bond acceptors (Lipinski definition) is 5. The Balaban J connectivity index is 3.06. The molecule has 12 heavy (non-hydrogen) atoms. The molecule has 0 rings (SSSR count). The molecule has 5 nitrogen and oxygen atoms in total. The Morgan fingerprint density at radius 3 is 2.25 bits per heavy atom. The van der Waals surface area contributed by atoms with Crippen molar-refractivity contribution in [2.45, 2.75) is 6.10 Å². The maximum absolute atomic E-state index is 8.58. The first-order valence-corrected chi connectivity index (χ1v) is 3.96. The van der Waals surface area contributed by atoms with Gasteiger partial charge in [0.2, 0.25) is 0 Å². The molecule has 0 atom stereocenters. The summed E-state index contributed by atoms with van der Waals surface area (Å²) in [6.45, 7) is 1.45. The number of rotatable bonds is 8. The third kappa shape index (κ3) is 6.51. The van der Waals surface area contributed by atoms with Gasteiger partial charge in [-0.05, 0) is 0 Å². The molecule has 74 valence electrons. The van der Waals surface area contributed by atoms with Gasteiger partial charge in [0.15, 0.2) is 0 Å². The van der Waals surface area contributed by atoms with Crippen molar-refractivity contribution in [2.75, 3.05) is 39.6 Å². The maximum atomic E-state index is 8.58. The monoisotopic (exact) mass is 179 g/mol. The van der Waals surface area contributed by atoms with Gasteiger partial charge in [0.1, 0.15) is 6.10 Å². The highest BCUT2D eigenvalue weighted by Gasteiger charge is 2.04. The molecule has 0 radical (unpaired) electrons. The molecule has 0 aromatic heterocycles. The van der Waals surface area contributed by atoms with Crippen molar-refractivity contribution in [3.63, 3.8) is 0 Å². The van der Waals surface area contributed by atoms with E-state index in [1.807, 2.05) is 0 Å². The van der Waals surface area contributed by atoms with Gasteiger partial charge in [-0.25, -0.2) is 0 Å². The topological polar surface area (TPSA) is 84.9 Å². The lowest BCUT2D eigenvalue weighted by Gasteiger charge is -2.11. The summed E-state index contributed by atoms with van der Waals surface area (Å²) in [6, 6.07) is 0. The van der Waals surface area contributed by atoms with Crippen LogP contribution in [0.4, 0.5) is 0 Å². The highest BCUT2D eigenvalue weighted by molar-refractivity contribution is 4.51. The molecule has 5 heteroatoms. The van der Waals surface area contributed by atoms with Crippen molar-refractivity contribution in [1.29, 1.82) is 0 Å². The van der Waals surface area contributed by atoms with Crippen LogP contribution in [0.15, 0.2) is 0 Å². The Labute approximate surface area is 72.1 Å². The summed E-state index contributed by atoms with van der Waals surface area (Å²) >= 11 is 0. The van der Waals surface area contributed by atoms with E-state index in [-0.39, 0.29) is 13.2 Å². The van der Waals surface area contributed by atoms with Crippen LogP contribution in [0.1, 0.15) is 0 Å². The lowest BCUT2D eigenvalue weighted by Crippen LogP contribution is -2.24. The molecule has 0 aromatic carbocycles. The standard InChI is InChI=1S/C7H17NO4/c8-1-2-11-3-4-12-7(5-9)6-10/h7,9-10H,1-6,8H2. The molecule has 0 bridgehead atoms. The largest absolute Gasteiger partial charge is 0.394 e. The maximum Gasteiger partial charge on any atom is 0.104 e. The van der Waals surface area contributed by atoms with E-state index >= 15 is 0 Å². The van der Waals surface area contributed by atoms with Crippen LogP contribution >= 0.6 is 0 Å². The number of aliphatic hydroxyl groups excluding tert-OH is 2. The first-order chi connectivity index (χ1) is 5.85. The fourth-order valence-electron chi connectivity index (χ4n) is 0.622. The Hall–Kier alpha value is -0.200. The predicted octanol–water partition coefficient (Wildman–Crippen LogP) is -1.67. The lowest BCUT2D eigenvalue weighted by atomic mass is 10.4. The quantitative estimate of drug-likeness (QED) is 0.388. The van der Waals surface area contributed by atoms with E-state index in [2.05, 4.69) is 0 Å². The molecule has 0 fully saturated rings. The van der Waals surface area contributed by atoms with Crippen molar-refractivity contribution >= 4 is 0 Å². The van der Waals surface area contributed by atoms with Crippen LogP contribution in [-0.2, 0) is 9.47 Å². The number of hydrogen-bond donors (Lipinski definition) is 3. The summed E-state index contributed by atoms with van der Waals surface area (Å²) in [5, 5.41) is 17.2. The summed E-state index contributed by atoms with van der Waals surface area (Å²) in [5.74, 6) is 0. The van der Waals surface area contributed by atoms with Gasteiger partial charge in [0, 0.05) is 6.54 Å². The van der Waals surface area contributed by atoms with Crippen molar-refractivity contribution in [2.24, 2.45) is 5.73 Å².